The van der Waals surface area contributed by atoms with E-state index in [2.05, 4.69) is 5.32 Å². The summed E-state index contributed by atoms with van der Waals surface area (Å²) in [5.41, 5.74) is 1.27. The monoisotopic (exact) mass is 450 g/mol. The molecule has 1 amide bonds. The van der Waals surface area contributed by atoms with Gasteiger partial charge in [-0.1, -0.05) is 60.7 Å². The van der Waals surface area contributed by atoms with E-state index in [0.717, 1.165) is 23.3 Å². The molecule has 0 saturated carbocycles. The zero-order chi connectivity index (χ0) is 23.6. The lowest BCUT2D eigenvalue weighted by atomic mass is 10.1. The van der Waals surface area contributed by atoms with Crippen LogP contribution in [0.2, 0.25) is 0 Å². The van der Waals surface area contributed by atoms with Crippen molar-refractivity contribution in [1.82, 2.24) is 5.32 Å². The van der Waals surface area contributed by atoms with Crippen LogP contribution in [0.4, 0.5) is 5.69 Å². The Hall–Kier alpha value is -4.24. The lowest BCUT2D eigenvalue weighted by Crippen LogP contribution is -2.44. The minimum absolute atomic E-state index is 0.0188. The lowest BCUT2D eigenvalue weighted by molar-refractivity contribution is -0.384. The normalized spacial score (nSPS) is 11.3. The van der Waals surface area contributed by atoms with Gasteiger partial charge in [-0.15, -0.1) is 0 Å². The molecule has 0 aliphatic rings. The maximum atomic E-state index is 12.8. The van der Waals surface area contributed by atoms with Crippen LogP contribution in [0.5, 0.6) is 5.75 Å². The highest BCUT2D eigenvalue weighted by Crippen LogP contribution is 2.26. The number of benzene rings is 3. The largest absolute Gasteiger partial charge is 0.488 e. The third-order valence-electron chi connectivity index (χ3n) is 4.65. The summed E-state index contributed by atoms with van der Waals surface area (Å²) in [5.74, 6) is -1.59. The van der Waals surface area contributed by atoms with E-state index < -0.39 is 29.4 Å². The molecule has 0 heterocycles. The molecule has 170 valence electrons. The first-order valence-corrected chi connectivity index (χ1v) is 10.1. The van der Waals surface area contributed by atoms with Crippen LogP contribution in [0.1, 0.15) is 21.5 Å². The third kappa shape index (κ3) is 6.62. The van der Waals surface area contributed by atoms with Crippen LogP contribution in [0, 0.1) is 10.1 Å². The standard InChI is InChI=1S/C24H22N2O7/c27-14-21(24(29)33-16-18-9-5-2-6-10-18)25-23(28)20-12-11-19(26(30)31)13-22(20)32-15-17-7-3-1-4-8-17/h1-13,21,27H,14-16H2,(H,25,28)/t21-/m0/s1. The molecule has 0 bridgehead atoms. The van der Waals surface area contributed by atoms with Gasteiger partial charge in [0.2, 0.25) is 0 Å². The van der Waals surface area contributed by atoms with Crippen LogP contribution >= 0.6 is 0 Å². The zero-order valence-electron chi connectivity index (χ0n) is 17.5. The van der Waals surface area contributed by atoms with Gasteiger partial charge in [0.05, 0.1) is 23.2 Å². The molecule has 0 aliphatic carbocycles. The second-order valence-electron chi connectivity index (χ2n) is 7.01. The number of carbonyl (C=O) groups excluding carboxylic acids is 2. The molecule has 0 spiro atoms. The zero-order valence-corrected chi connectivity index (χ0v) is 17.5. The van der Waals surface area contributed by atoms with Gasteiger partial charge >= 0.3 is 5.97 Å². The Morgan fingerprint density at radius 1 is 0.939 bits per heavy atom. The number of non-ortho nitro benzene ring substituents is 1. The first-order valence-electron chi connectivity index (χ1n) is 10.1. The minimum Gasteiger partial charge on any atom is -0.488 e. The van der Waals surface area contributed by atoms with E-state index >= 15 is 0 Å². The van der Waals surface area contributed by atoms with Gasteiger partial charge in [0, 0.05) is 6.07 Å². The number of ether oxygens (including phenoxy) is 2. The quantitative estimate of drug-likeness (QED) is 0.276. The van der Waals surface area contributed by atoms with Crippen LogP contribution in [-0.4, -0.2) is 34.6 Å². The average Bonchev–Trinajstić information content (AvgIpc) is 2.85. The van der Waals surface area contributed by atoms with Crippen molar-refractivity contribution in [2.45, 2.75) is 19.3 Å². The Morgan fingerprint density at radius 3 is 2.12 bits per heavy atom. The van der Waals surface area contributed by atoms with Crippen molar-refractivity contribution in [3.8, 4) is 5.75 Å². The van der Waals surface area contributed by atoms with Crippen molar-refractivity contribution < 1.29 is 29.1 Å². The van der Waals surface area contributed by atoms with Gasteiger partial charge < -0.3 is 19.9 Å². The second kappa shape index (κ2) is 11.4. The van der Waals surface area contributed by atoms with Crippen molar-refractivity contribution in [3.63, 3.8) is 0 Å². The van der Waals surface area contributed by atoms with Crippen molar-refractivity contribution in [3.05, 3.63) is 106 Å². The third-order valence-corrected chi connectivity index (χ3v) is 4.65. The first-order chi connectivity index (χ1) is 16.0. The molecule has 3 aromatic carbocycles. The van der Waals surface area contributed by atoms with E-state index in [1.54, 1.807) is 24.3 Å². The van der Waals surface area contributed by atoms with Crippen LogP contribution in [0.3, 0.4) is 0 Å². The van der Waals surface area contributed by atoms with Gasteiger partial charge in [0.15, 0.2) is 6.04 Å². The molecule has 0 unspecified atom stereocenters. The maximum Gasteiger partial charge on any atom is 0.331 e. The summed E-state index contributed by atoms with van der Waals surface area (Å²) in [5, 5.41) is 23.2. The topological polar surface area (TPSA) is 128 Å². The van der Waals surface area contributed by atoms with E-state index in [4.69, 9.17) is 9.47 Å². The van der Waals surface area contributed by atoms with Gasteiger partial charge in [-0.3, -0.25) is 14.9 Å². The highest BCUT2D eigenvalue weighted by atomic mass is 16.6. The van der Waals surface area contributed by atoms with Gasteiger partial charge in [-0.25, -0.2) is 4.79 Å². The number of amides is 1. The second-order valence-corrected chi connectivity index (χ2v) is 7.01. The molecule has 0 saturated heterocycles. The predicted octanol–water partition coefficient (Wildman–Crippen LogP) is 3.01. The molecule has 9 heteroatoms. The first kappa shape index (κ1) is 23.4. The maximum absolute atomic E-state index is 12.8. The summed E-state index contributed by atoms with van der Waals surface area (Å²) in [4.78, 5) is 35.7. The predicted molar refractivity (Wildman–Crippen MR) is 118 cm³/mol. The SMILES string of the molecule is O=C(N[C@@H](CO)C(=O)OCc1ccccc1)c1ccc([N+](=O)[O-])cc1OCc1ccccc1. The number of aliphatic hydroxyl groups is 1. The van der Waals surface area contributed by atoms with Gasteiger partial charge in [-0.2, -0.15) is 0 Å². The number of nitrogens with one attached hydrogen (secondary N) is 1. The highest BCUT2D eigenvalue weighted by Gasteiger charge is 2.25. The fraction of sp³-hybridized carbons (Fsp3) is 0.167. The molecule has 0 aliphatic heterocycles. The summed E-state index contributed by atoms with van der Waals surface area (Å²) in [6.07, 6.45) is 0. The summed E-state index contributed by atoms with van der Waals surface area (Å²) >= 11 is 0. The average molecular weight is 450 g/mol. The van der Waals surface area contributed by atoms with Crippen molar-refractivity contribution in [2.24, 2.45) is 0 Å². The number of hydrogen-bond acceptors (Lipinski definition) is 7. The number of aliphatic hydroxyl groups excluding tert-OH is 1. The van der Waals surface area contributed by atoms with Gasteiger partial charge in [0.1, 0.15) is 19.0 Å². The molecule has 3 aromatic rings. The van der Waals surface area contributed by atoms with Crippen molar-refractivity contribution >= 4 is 17.6 Å². The Balaban J connectivity index is 1.72. The summed E-state index contributed by atoms with van der Waals surface area (Å²) in [6.45, 7) is -0.633. The van der Waals surface area contributed by atoms with Crippen LogP contribution in [-0.2, 0) is 22.7 Å². The molecular weight excluding hydrogens is 428 g/mol. The van der Waals surface area contributed by atoms with E-state index in [9.17, 15) is 24.8 Å². The Morgan fingerprint density at radius 2 is 1.55 bits per heavy atom. The Bertz CT molecular complexity index is 1100. The van der Waals surface area contributed by atoms with Gasteiger partial charge in [-0.05, 0) is 17.2 Å². The molecule has 0 radical (unpaired) electrons. The molecule has 33 heavy (non-hydrogen) atoms. The molecule has 2 N–H and O–H groups in total. The van der Waals surface area contributed by atoms with E-state index in [1.807, 2.05) is 36.4 Å². The summed E-state index contributed by atoms with van der Waals surface area (Å²) < 4.78 is 10.8. The van der Waals surface area contributed by atoms with Gasteiger partial charge in [0.25, 0.3) is 11.6 Å². The number of nitro groups is 1. The highest BCUT2D eigenvalue weighted by molar-refractivity contribution is 5.99. The van der Waals surface area contributed by atoms with E-state index in [1.165, 1.54) is 6.07 Å². The van der Waals surface area contributed by atoms with E-state index in [0.29, 0.717) is 0 Å². The smallest absolute Gasteiger partial charge is 0.331 e. The summed E-state index contributed by atoms with van der Waals surface area (Å²) in [7, 11) is 0. The minimum atomic E-state index is -1.32. The molecule has 0 fully saturated rings. The fourth-order valence-electron chi connectivity index (χ4n) is 2.91. The molecule has 1 atom stereocenters. The molecule has 3 rings (SSSR count). The Kier molecular flexibility index (Phi) is 8.09. The van der Waals surface area contributed by atoms with Crippen molar-refractivity contribution in [2.75, 3.05) is 6.61 Å². The van der Waals surface area contributed by atoms with Crippen LogP contribution in [0.15, 0.2) is 78.9 Å². The lowest BCUT2D eigenvalue weighted by Gasteiger charge is -2.17. The molecule has 0 aromatic heterocycles. The van der Waals surface area contributed by atoms with E-state index in [-0.39, 0.29) is 30.2 Å². The van der Waals surface area contributed by atoms with Crippen molar-refractivity contribution in [1.29, 1.82) is 0 Å². The Labute approximate surface area is 189 Å². The number of nitrogens with zero attached hydrogens (tertiary/aromatic N) is 1. The number of nitro benzene ring substituents is 1. The number of carbonyl (C=O) groups is 2. The van der Waals surface area contributed by atoms with Crippen LogP contribution in [0.25, 0.3) is 0 Å². The fourth-order valence-corrected chi connectivity index (χ4v) is 2.91. The number of rotatable bonds is 10. The molecule has 9 nitrogen and oxygen atoms in total. The number of esters is 1. The molecular formula is C24H22N2O7. The summed E-state index contributed by atoms with van der Waals surface area (Å²) in [6, 6.07) is 20.2. The van der Waals surface area contributed by atoms with Crippen LogP contribution < -0.4 is 10.1 Å². The number of hydrogen-bond donors (Lipinski definition) is 2.